The van der Waals surface area contributed by atoms with Crippen molar-refractivity contribution in [2.45, 2.75) is 25.8 Å². The minimum atomic E-state index is 0.0763. The molecule has 0 unspecified atom stereocenters. The quantitative estimate of drug-likeness (QED) is 0.698. The van der Waals surface area contributed by atoms with Crippen molar-refractivity contribution in [1.29, 1.82) is 0 Å². The molecular weight excluding hydrogens is 274 g/mol. The van der Waals surface area contributed by atoms with Crippen LogP contribution in [0.5, 0.6) is 0 Å². The van der Waals surface area contributed by atoms with Crippen LogP contribution in [0.15, 0.2) is 54.9 Å². The lowest BCUT2D eigenvalue weighted by Gasteiger charge is -2.07. The molecule has 0 saturated carbocycles. The summed E-state index contributed by atoms with van der Waals surface area (Å²) in [6.07, 6.45) is 6.13. The maximum Gasteiger partial charge on any atom is 0.221 e. The molecule has 1 aromatic heterocycles. The maximum atomic E-state index is 11.7. The van der Waals surface area contributed by atoms with Crippen molar-refractivity contribution in [2.75, 3.05) is 13.1 Å². The first-order chi connectivity index (χ1) is 10.8. The van der Waals surface area contributed by atoms with Crippen molar-refractivity contribution >= 4 is 5.91 Å². The number of benzene rings is 1. The Bertz CT molecular complexity index is 543. The van der Waals surface area contributed by atoms with E-state index >= 15 is 0 Å². The lowest BCUT2D eigenvalue weighted by molar-refractivity contribution is -0.121. The molecular formula is C18H23N3O. The molecule has 0 atom stereocenters. The van der Waals surface area contributed by atoms with Gasteiger partial charge in [-0.3, -0.25) is 9.78 Å². The number of aromatic nitrogens is 1. The van der Waals surface area contributed by atoms with Crippen LogP contribution < -0.4 is 10.6 Å². The van der Waals surface area contributed by atoms with Gasteiger partial charge in [-0.15, -0.1) is 0 Å². The zero-order valence-corrected chi connectivity index (χ0v) is 12.8. The Labute approximate surface area is 132 Å². The maximum absolute atomic E-state index is 11.7. The average molecular weight is 297 g/mol. The molecule has 0 fully saturated rings. The first-order valence-electron chi connectivity index (χ1n) is 7.75. The van der Waals surface area contributed by atoms with Crippen LogP contribution in [0.25, 0.3) is 0 Å². The van der Waals surface area contributed by atoms with Gasteiger partial charge < -0.3 is 10.6 Å². The molecule has 0 aliphatic heterocycles. The SMILES string of the molecule is O=C(CCNCCCc1ccccc1)NCc1ccncc1. The van der Waals surface area contributed by atoms with E-state index in [0.717, 1.165) is 31.5 Å². The van der Waals surface area contributed by atoms with Crippen molar-refractivity contribution in [3.8, 4) is 0 Å². The van der Waals surface area contributed by atoms with Crippen molar-refractivity contribution in [2.24, 2.45) is 0 Å². The third kappa shape index (κ3) is 6.50. The highest BCUT2D eigenvalue weighted by atomic mass is 16.1. The molecule has 2 rings (SSSR count). The lowest BCUT2D eigenvalue weighted by Crippen LogP contribution is -2.27. The van der Waals surface area contributed by atoms with Gasteiger partial charge in [-0.05, 0) is 42.6 Å². The van der Waals surface area contributed by atoms with Crippen molar-refractivity contribution in [3.05, 3.63) is 66.0 Å². The molecule has 2 N–H and O–H groups in total. The van der Waals surface area contributed by atoms with E-state index in [4.69, 9.17) is 0 Å². The van der Waals surface area contributed by atoms with E-state index in [0.29, 0.717) is 13.0 Å². The number of pyridine rings is 1. The highest BCUT2D eigenvalue weighted by Crippen LogP contribution is 2.01. The second-order valence-electron chi connectivity index (χ2n) is 5.22. The number of rotatable bonds is 9. The molecule has 0 spiro atoms. The Balaban J connectivity index is 1.49. The summed E-state index contributed by atoms with van der Waals surface area (Å²) >= 11 is 0. The van der Waals surface area contributed by atoms with Gasteiger partial charge in [0.25, 0.3) is 0 Å². The molecule has 0 radical (unpaired) electrons. The van der Waals surface area contributed by atoms with E-state index in [1.54, 1.807) is 12.4 Å². The van der Waals surface area contributed by atoms with Crippen LogP contribution in [0.1, 0.15) is 24.0 Å². The molecule has 22 heavy (non-hydrogen) atoms. The fourth-order valence-electron chi connectivity index (χ4n) is 2.18. The smallest absolute Gasteiger partial charge is 0.221 e. The second-order valence-corrected chi connectivity index (χ2v) is 5.22. The summed E-state index contributed by atoms with van der Waals surface area (Å²) in [5.41, 5.74) is 2.43. The molecule has 1 amide bonds. The number of carbonyl (C=O) groups excluding carboxylic acids is 1. The van der Waals surface area contributed by atoms with Gasteiger partial charge in [-0.2, -0.15) is 0 Å². The number of hydrogen-bond donors (Lipinski definition) is 2. The minimum absolute atomic E-state index is 0.0763. The molecule has 0 bridgehead atoms. The minimum Gasteiger partial charge on any atom is -0.352 e. The van der Waals surface area contributed by atoms with E-state index < -0.39 is 0 Å². The van der Waals surface area contributed by atoms with E-state index in [1.165, 1.54) is 5.56 Å². The normalized spacial score (nSPS) is 10.4. The van der Waals surface area contributed by atoms with Crippen molar-refractivity contribution < 1.29 is 4.79 Å². The average Bonchev–Trinajstić information content (AvgIpc) is 2.58. The summed E-state index contributed by atoms with van der Waals surface area (Å²) in [5, 5.41) is 6.22. The van der Waals surface area contributed by atoms with E-state index in [1.807, 2.05) is 18.2 Å². The molecule has 4 nitrogen and oxygen atoms in total. The number of carbonyl (C=O) groups is 1. The number of amides is 1. The van der Waals surface area contributed by atoms with Gasteiger partial charge in [-0.1, -0.05) is 30.3 Å². The van der Waals surface area contributed by atoms with Crippen molar-refractivity contribution in [1.82, 2.24) is 15.6 Å². The monoisotopic (exact) mass is 297 g/mol. The molecule has 1 aromatic carbocycles. The summed E-state index contributed by atoms with van der Waals surface area (Å²) in [6, 6.07) is 14.3. The van der Waals surface area contributed by atoms with Crippen LogP contribution in [-0.2, 0) is 17.8 Å². The second kappa shape index (κ2) is 9.68. The molecule has 0 aliphatic rings. The molecule has 0 aliphatic carbocycles. The highest BCUT2D eigenvalue weighted by Gasteiger charge is 2.00. The summed E-state index contributed by atoms with van der Waals surface area (Å²) in [7, 11) is 0. The van der Waals surface area contributed by atoms with Crippen LogP contribution in [-0.4, -0.2) is 24.0 Å². The van der Waals surface area contributed by atoms with Gasteiger partial charge in [0.2, 0.25) is 5.91 Å². The molecule has 2 aromatic rings. The Kier molecular flexibility index (Phi) is 7.12. The largest absolute Gasteiger partial charge is 0.352 e. The predicted octanol–water partition coefficient (Wildman–Crippen LogP) is 2.31. The van der Waals surface area contributed by atoms with Crippen LogP contribution >= 0.6 is 0 Å². The number of nitrogens with one attached hydrogen (secondary N) is 2. The van der Waals surface area contributed by atoms with Gasteiger partial charge in [-0.25, -0.2) is 0 Å². The van der Waals surface area contributed by atoms with Crippen LogP contribution in [0.2, 0.25) is 0 Å². The summed E-state index contributed by atoms with van der Waals surface area (Å²) in [6.45, 7) is 2.22. The molecule has 0 saturated heterocycles. The first kappa shape index (κ1) is 16.2. The molecule has 116 valence electrons. The van der Waals surface area contributed by atoms with Crippen LogP contribution in [0.4, 0.5) is 0 Å². The van der Waals surface area contributed by atoms with E-state index in [2.05, 4.69) is 39.9 Å². The van der Waals surface area contributed by atoms with Crippen LogP contribution in [0, 0.1) is 0 Å². The third-order valence-corrected chi connectivity index (χ3v) is 3.43. The first-order valence-corrected chi connectivity index (χ1v) is 7.75. The summed E-state index contributed by atoms with van der Waals surface area (Å²) < 4.78 is 0. The molecule has 4 heteroatoms. The Morgan fingerprint density at radius 2 is 1.73 bits per heavy atom. The van der Waals surface area contributed by atoms with E-state index in [9.17, 15) is 4.79 Å². The Morgan fingerprint density at radius 3 is 2.50 bits per heavy atom. The van der Waals surface area contributed by atoms with Crippen molar-refractivity contribution in [3.63, 3.8) is 0 Å². The number of nitrogens with zero attached hydrogens (tertiary/aromatic N) is 1. The standard InChI is InChI=1S/C18H23N3O/c22-18(21-15-17-8-12-20-13-9-17)10-14-19-11-4-7-16-5-2-1-3-6-16/h1-3,5-6,8-9,12-13,19H,4,7,10-11,14-15H2,(H,21,22). The number of hydrogen-bond acceptors (Lipinski definition) is 3. The molecule has 1 heterocycles. The highest BCUT2D eigenvalue weighted by molar-refractivity contribution is 5.76. The fraction of sp³-hybridized carbons (Fsp3) is 0.333. The topological polar surface area (TPSA) is 54.0 Å². The third-order valence-electron chi connectivity index (χ3n) is 3.43. The van der Waals surface area contributed by atoms with E-state index in [-0.39, 0.29) is 5.91 Å². The Hall–Kier alpha value is -2.20. The zero-order valence-electron chi connectivity index (χ0n) is 12.8. The van der Waals surface area contributed by atoms with Gasteiger partial charge in [0.05, 0.1) is 0 Å². The predicted molar refractivity (Wildman–Crippen MR) is 88.3 cm³/mol. The van der Waals surface area contributed by atoms with Gasteiger partial charge >= 0.3 is 0 Å². The van der Waals surface area contributed by atoms with Gasteiger partial charge in [0.1, 0.15) is 0 Å². The number of aryl methyl sites for hydroxylation is 1. The van der Waals surface area contributed by atoms with Gasteiger partial charge in [0.15, 0.2) is 0 Å². The summed E-state index contributed by atoms with van der Waals surface area (Å²) in [5.74, 6) is 0.0763. The zero-order chi connectivity index (χ0) is 15.5. The lowest BCUT2D eigenvalue weighted by atomic mass is 10.1. The Morgan fingerprint density at radius 1 is 0.955 bits per heavy atom. The van der Waals surface area contributed by atoms with Gasteiger partial charge in [0, 0.05) is 31.9 Å². The fourth-order valence-corrected chi connectivity index (χ4v) is 2.18. The van der Waals surface area contributed by atoms with Crippen LogP contribution in [0.3, 0.4) is 0 Å². The summed E-state index contributed by atoms with van der Waals surface area (Å²) in [4.78, 5) is 15.7.